The maximum Gasteiger partial charge on any atom is 0.262 e. The van der Waals surface area contributed by atoms with Crippen LogP contribution in [0.2, 0.25) is 0 Å². The molecule has 0 bridgehead atoms. The molecule has 5 nitrogen and oxygen atoms in total. The van der Waals surface area contributed by atoms with Crippen molar-refractivity contribution in [1.29, 1.82) is 0 Å². The third-order valence-electron chi connectivity index (χ3n) is 4.54. The Labute approximate surface area is 147 Å². The van der Waals surface area contributed by atoms with E-state index in [1.54, 1.807) is 31.3 Å². The summed E-state index contributed by atoms with van der Waals surface area (Å²) in [5.74, 6) is -3.67. The van der Waals surface area contributed by atoms with Crippen LogP contribution in [0.25, 0.3) is 5.57 Å². The number of hydrogen-bond acceptors (Lipinski definition) is 3. The van der Waals surface area contributed by atoms with E-state index in [-0.39, 0.29) is 23.3 Å². The van der Waals surface area contributed by atoms with Crippen LogP contribution in [-0.2, 0) is 14.4 Å². The fourth-order valence-electron chi connectivity index (χ4n) is 3.32. The predicted molar refractivity (Wildman–Crippen MR) is 90.2 cm³/mol. The van der Waals surface area contributed by atoms with Crippen LogP contribution in [0.3, 0.4) is 0 Å². The van der Waals surface area contributed by atoms with Gasteiger partial charge in [0.2, 0.25) is 5.91 Å². The van der Waals surface area contributed by atoms with Gasteiger partial charge in [0.1, 0.15) is 11.6 Å². The summed E-state index contributed by atoms with van der Waals surface area (Å²) in [6.45, 7) is 0. The molecular weight excluding hydrogens is 342 g/mol. The number of fused-ring (bicyclic) bond motifs is 1. The predicted octanol–water partition coefficient (Wildman–Crippen LogP) is 2.66. The first-order valence-corrected chi connectivity index (χ1v) is 7.83. The van der Waals surface area contributed by atoms with Crippen LogP contribution < -0.4 is 9.80 Å². The van der Waals surface area contributed by atoms with E-state index < -0.39 is 29.4 Å². The molecule has 0 aromatic heterocycles. The standard InChI is InChI=1S/C19H12F2N2O3/c1-22-14-5-3-2-4-11(14)17(19(22)26)12-9-16(24)23(18(12)25)15-7-6-10(20)8-13(15)21/h2-8H,9H2,1H3/b17-12-. The van der Waals surface area contributed by atoms with Gasteiger partial charge in [0.05, 0.1) is 23.4 Å². The van der Waals surface area contributed by atoms with Crippen LogP contribution in [0, 0.1) is 11.6 Å². The van der Waals surface area contributed by atoms with Gasteiger partial charge < -0.3 is 4.90 Å². The van der Waals surface area contributed by atoms with Crippen molar-refractivity contribution < 1.29 is 23.2 Å². The average Bonchev–Trinajstić information content (AvgIpc) is 3.03. The summed E-state index contributed by atoms with van der Waals surface area (Å²) in [6, 6.07) is 9.52. The number of amides is 3. The summed E-state index contributed by atoms with van der Waals surface area (Å²) >= 11 is 0. The molecule has 2 aliphatic rings. The topological polar surface area (TPSA) is 57.7 Å². The van der Waals surface area contributed by atoms with E-state index in [0.29, 0.717) is 22.2 Å². The number of halogens is 2. The zero-order valence-electron chi connectivity index (χ0n) is 13.6. The lowest BCUT2D eigenvalue weighted by Crippen LogP contribution is -2.30. The van der Waals surface area contributed by atoms with Crippen molar-refractivity contribution in [1.82, 2.24) is 0 Å². The fraction of sp³-hybridized carbons (Fsp3) is 0.105. The van der Waals surface area contributed by atoms with Crippen LogP contribution in [0.4, 0.5) is 20.2 Å². The SMILES string of the molecule is CN1C(=O)/C(=C2/CC(=O)N(c3ccc(F)cc3F)C2=O)c2ccccc21. The van der Waals surface area contributed by atoms with Crippen molar-refractivity contribution in [2.24, 2.45) is 0 Å². The number of para-hydroxylation sites is 1. The van der Waals surface area contributed by atoms with E-state index in [2.05, 4.69) is 0 Å². The second kappa shape index (κ2) is 5.59. The molecule has 2 aliphatic heterocycles. The lowest BCUT2D eigenvalue weighted by molar-refractivity contribution is -0.121. The number of imide groups is 1. The molecule has 0 N–H and O–H groups in total. The molecule has 0 atom stereocenters. The molecule has 130 valence electrons. The first-order chi connectivity index (χ1) is 12.4. The van der Waals surface area contributed by atoms with Crippen LogP contribution in [0.15, 0.2) is 48.0 Å². The molecule has 7 heteroatoms. The summed E-state index contributed by atoms with van der Waals surface area (Å²) in [5.41, 5.74) is 1.01. The number of carbonyl (C=O) groups excluding carboxylic acids is 3. The second-order valence-corrected chi connectivity index (χ2v) is 6.04. The van der Waals surface area contributed by atoms with Gasteiger partial charge in [0, 0.05) is 24.3 Å². The van der Waals surface area contributed by atoms with Crippen LogP contribution >= 0.6 is 0 Å². The van der Waals surface area contributed by atoms with E-state index in [4.69, 9.17) is 0 Å². The molecule has 0 unspecified atom stereocenters. The molecule has 1 saturated heterocycles. The van der Waals surface area contributed by atoms with Crippen LogP contribution in [0.1, 0.15) is 12.0 Å². The highest BCUT2D eigenvalue weighted by atomic mass is 19.1. The van der Waals surface area contributed by atoms with Crippen molar-refractivity contribution in [3.8, 4) is 0 Å². The summed E-state index contributed by atoms with van der Waals surface area (Å²) < 4.78 is 27.2. The number of rotatable bonds is 1. The van der Waals surface area contributed by atoms with E-state index in [0.717, 1.165) is 12.1 Å². The maximum atomic E-state index is 14.1. The fourth-order valence-corrected chi connectivity index (χ4v) is 3.32. The number of likely N-dealkylation sites (N-methyl/N-ethyl adjacent to an activating group) is 1. The number of nitrogens with zero attached hydrogens (tertiary/aromatic N) is 2. The highest BCUT2D eigenvalue weighted by Gasteiger charge is 2.42. The number of anilines is 2. The van der Waals surface area contributed by atoms with Gasteiger partial charge in [-0.05, 0) is 18.2 Å². The molecule has 0 radical (unpaired) electrons. The Morgan fingerprint density at radius 2 is 1.65 bits per heavy atom. The van der Waals surface area contributed by atoms with Crippen molar-refractivity contribution in [3.05, 3.63) is 65.2 Å². The first-order valence-electron chi connectivity index (χ1n) is 7.83. The third kappa shape index (κ3) is 2.17. The maximum absolute atomic E-state index is 14.1. The lowest BCUT2D eigenvalue weighted by atomic mass is 10.00. The lowest BCUT2D eigenvalue weighted by Gasteiger charge is -2.14. The zero-order valence-corrected chi connectivity index (χ0v) is 13.6. The number of hydrogen-bond donors (Lipinski definition) is 0. The minimum atomic E-state index is -1.02. The minimum absolute atomic E-state index is 0.0144. The minimum Gasteiger partial charge on any atom is -0.311 e. The summed E-state index contributed by atoms with van der Waals surface area (Å²) in [4.78, 5) is 39.9. The van der Waals surface area contributed by atoms with Crippen molar-refractivity contribution in [2.45, 2.75) is 6.42 Å². The normalized spacial score (nSPS) is 19.6. The van der Waals surface area contributed by atoms with Gasteiger partial charge >= 0.3 is 0 Å². The molecule has 26 heavy (non-hydrogen) atoms. The van der Waals surface area contributed by atoms with Gasteiger partial charge in [0.25, 0.3) is 11.8 Å². The number of carbonyl (C=O) groups is 3. The second-order valence-electron chi connectivity index (χ2n) is 6.04. The van der Waals surface area contributed by atoms with E-state index in [1.807, 2.05) is 0 Å². The summed E-state index contributed by atoms with van der Waals surface area (Å²) in [5, 5.41) is 0. The first kappa shape index (κ1) is 16.1. The quantitative estimate of drug-likeness (QED) is 0.584. The van der Waals surface area contributed by atoms with Gasteiger partial charge in [-0.25, -0.2) is 13.7 Å². The van der Waals surface area contributed by atoms with E-state index >= 15 is 0 Å². The molecular formula is C19H12F2N2O3. The average molecular weight is 354 g/mol. The van der Waals surface area contributed by atoms with E-state index in [9.17, 15) is 23.2 Å². The van der Waals surface area contributed by atoms with E-state index in [1.165, 1.54) is 4.90 Å². The monoisotopic (exact) mass is 354 g/mol. The molecule has 2 heterocycles. The van der Waals surface area contributed by atoms with Gasteiger partial charge in [-0.1, -0.05) is 18.2 Å². The van der Waals surface area contributed by atoms with Gasteiger partial charge in [-0.15, -0.1) is 0 Å². The van der Waals surface area contributed by atoms with Crippen LogP contribution in [-0.4, -0.2) is 24.8 Å². The molecule has 0 saturated carbocycles. The smallest absolute Gasteiger partial charge is 0.262 e. The zero-order chi connectivity index (χ0) is 18.6. The molecule has 3 amide bonds. The Bertz CT molecular complexity index is 1030. The Balaban J connectivity index is 1.86. The van der Waals surface area contributed by atoms with Crippen molar-refractivity contribution in [3.63, 3.8) is 0 Å². The Morgan fingerprint density at radius 1 is 0.923 bits per heavy atom. The van der Waals surface area contributed by atoms with Gasteiger partial charge in [0.15, 0.2) is 0 Å². The Kier molecular flexibility index (Phi) is 3.47. The largest absolute Gasteiger partial charge is 0.311 e. The number of benzene rings is 2. The Hall–Kier alpha value is -3.35. The van der Waals surface area contributed by atoms with Crippen molar-refractivity contribution >= 4 is 34.7 Å². The summed E-state index contributed by atoms with van der Waals surface area (Å²) in [7, 11) is 1.58. The van der Waals surface area contributed by atoms with Crippen molar-refractivity contribution in [2.75, 3.05) is 16.8 Å². The Morgan fingerprint density at radius 3 is 2.38 bits per heavy atom. The molecule has 4 rings (SSSR count). The molecule has 2 aromatic carbocycles. The van der Waals surface area contributed by atoms with Gasteiger partial charge in [-0.2, -0.15) is 0 Å². The molecule has 1 fully saturated rings. The molecule has 2 aromatic rings. The molecule has 0 spiro atoms. The highest BCUT2D eigenvalue weighted by Crippen LogP contribution is 2.41. The third-order valence-corrected chi connectivity index (χ3v) is 4.54. The molecule has 0 aliphatic carbocycles. The summed E-state index contributed by atoms with van der Waals surface area (Å²) in [6.07, 6.45) is -0.321. The highest BCUT2D eigenvalue weighted by molar-refractivity contribution is 6.41. The van der Waals surface area contributed by atoms with Crippen LogP contribution in [0.5, 0.6) is 0 Å². The van der Waals surface area contributed by atoms with Gasteiger partial charge in [-0.3, -0.25) is 14.4 Å².